The first-order valence-electron chi connectivity index (χ1n) is 7.99. The van der Waals surface area contributed by atoms with E-state index in [1.54, 1.807) is 0 Å². The van der Waals surface area contributed by atoms with Gasteiger partial charge in [0.1, 0.15) is 0 Å². The molecule has 2 nitrogen and oxygen atoms in total. The number of carbonyl (C=O) groups excluding carboxylic acids is 1. The Morgan fingerprint density at radius 3 is 2.23 bits per heavy atom. The summed E-state index contributed by atoms with van der Waals surface area (Å²) in [6.07, 6.45) is 3.50. The van der Waals surface area contributed by atoms with Gasteiger partial charge in [0.25, 0.3) is 5.91 Å². The van der Waals surface area contributed by atoms with E-state index in [2.05, 4.69) is 37.4 Å². The molecule has 0 aliphatic rings. The van der Waals surface area contributed by atoms with E-state index >= 15 is 0 Å². The first kappa shape index (κ1) is 16.3. The van der Waals surface area contributed by atoms with Crippen molar-refractivity contribution in [1.82, 2.24) is 0 Å². The Hall–Kier alpha value is -2.09. The molecule has 0 aliphatic heterocycles. The van der Waals surface area contributed by atoms with Crippen molar-refractivity contribution in [1.29, 1.82) is 0 Å². The average molecular weight is 295 g/mol. The summed E-state index contributed by atoms with van der Waals surface area (Å²) < 4.78 is 0. The second-order valence-electron chi connectivity index (χ2n) is 6.01. The summed E-state index contributed by atoms with van der Waals surface area (Å²) >= 11 is 0. The van der Waals surface area contributed by atoms with Crippen molar-refractivity contribution in [2.24, 2.45) is 0 Å². The van der Waals surface area contributed by atoms with Crippen LogP contribution in [-0.2, 0) is 6.42 Å². The van der Waals surface area contributed by atoms with Crippen LogP contribution in [0.4, 0.5) is 5.69 Å². The van der Waals surface area contributed by atoms with Gasteiger partial charge in [-0.15, -0.1) is 0 Å². The van der Waals surface area contributed by atoms with Gasteiger partial charge in [-0.1, -0.05) is 31.5 Å². The number of unbranched alkanes of at least 4 members (excludes halogenated alkanes) is 1. The predicted octanol–water partition coefficient (Wildman–Crippen LogP) is 5.21. The van der Waals surface area contributed by atoms with E-state index in [1.807, 2.05) is 32.0 Å². The van der Waals surface area contributed by atoms with E-state index < -0.39 is 0 Å². The summed E-state index contributed by atoms with van der Waals surface area (Å²) in [5, 5.41) is 2.99. The molecular weight excluding hydrogens is 270 g/mol. The van der Waals surface area contributed by atoms with E-state index in [1.165, 1.54) is 24.0 Å². The lowest BCUT2D eigenvalue weighted by Crippen LogP contribution is -2.14. The Balaban J connectivity index is 2.10. The van der Waals surface area contributed by atoms with Crippen LogP contribution < -0.4 is 5.32 Å². The number of anilines is 1. The second kappa shape index (κ2) is 7.26. The molecule has 0 atom stereocenters. The van der Waals surface area contributed by atoms with Gasteiger partial charge in [0.05, 0.1) is 0 Å². The molecule has 0 radical (unpaired) electrons. The zero-order valence-corrected chi connectivity index (χ0v) is 14.0. The third-order valence-electron chi connectivity index (χ3n) is 4.12. The molecule has 0 saturated heterocycles. The van der Waals surface area contributed by atoms with Crippen LogP contribution in [0.3, 0.4) is 0 Å². The molecule has 0 saturated carbocycles. The van der Waals surface area contributed by atoms with Crippen molar-refractivity contribution in [3.63, 3.8) is 0 Å². The van der Waals surface area contributed by atoms with Crippen LogP contribution in [0.5, 0.6) is 0 Å². The van der Waals surface area contributed by atoms with Crippen LogP contribution >= 0.6 is 0 Å². The summed E-state index contributed by atoms with van der Waals surface area (Å²) in [7, 11) is 0. The van der Waals surface area contributed by atoms with Crippen LogP contribution in [0.2, 0.25) is 0 Å². The Labute approximate surface area is 133 Å². The minimum absolute atomic E-state index is 0.0399. The van der Waals surface area contributed by atoms with Crippen molar-refractivity contribution in [2.45, 2.75) is 47.0 Å². The van der Waals surface area contributed by atoms with E-state index in [0.29, 0.717) is 0 Å². The molecule has 2 aromatic carbocycles. The van der Waals surface area contributed by atoms with Gasteiger partial charge in [0.2, 0.25) is 0 Å². The maximum Gasteiger partial charge on any atom is 0.255 e. The van der Waals surface area contributed by atoms with E-state index in [4.69, 9.17) is 0 Å². The monoisotopic (exact) mass is 295 g/mol. The van der Waals surface area contributed by atoms with E-state index in [-0.39, 0.29) is 5.91 Å². The van der Waals surface area contributed by atoms with Gasteiger partial charge >= 0.3 is 0 Å². The molecule has 0 aliphatic carbocycles. The molecule has 2 heteroatoms. The smallest absolute Gasteiger partial charge is 0.255 e. The number of rotatable bonds is 5. The van der Waals surface area contributed by atoms with E-state index in [0.717, 1.165) is 28.8 Å². The SMILES string of the molecule is CCCCc1ccc(NC(=O)c2cc(C)c(C)cc2C)cc1. The molecule has 116 valence electrons. The Morgan fingerprint density at radius 2 is 1.59 bits per heavy atom. The minimum atomic E-state index is -0.0399. The fourth-order valence-electron chi connectivity index (χ4n) is 2.54. The lowest BCUT2D eigenvalue weighted by atomic mass is 10.0. The van der Waals surface area contributed by atoms with Gasteiger partial charge in [0, 0.05) is 11.3 Å². The number of hydrogen-bond acceptors (Lipinski definition) is 1. The van der Waals surface area contributed by atoms with Crippen LogP contribution in [0.15, 0.2) is 36.4 Å². The van der Waals surface area contributed by atoms with Gasteiger partial charge in [-0.2, -0.15) is 0 Å². The Kier molecular flexibility index (Phi) is 5.37. The molecule has 0 fully saturated rings. The summed E-state index contributed by atoms with van der Waals surface area (Å²) in [5.41, 5.74) is 6.29. The third kappa shape index (κ3) is 3.97. The molecule has 0 bridgehead atoms. The number of benzene rings is 2. The fraction of sp³-hybridized carbons (Fsp3) is 0.350. The molecule has 2 rings (SSSR count). The van der Waals surface area contributed by atoms with Gasteiger partial charge in [0.15, 0.2) is 0 Å². The highest BCUT2D eigenvalue weighted by Gasteiger charge is 2.11. The molecular formula is C20H25NO. The molecule has 0 aromatic heterocycles. The number of nitrogens with one attached hydrogen (secondary N) is 1. The number of carbonyl (C=O) groups is 1. The van der Waals surface area contributed by atoms with Crippen LogP contribution in [-0.4, -0.2) is 5.91 Å². The molecule has 0 unspecified atom stereocenters. The molecule has 2 aromatic rings. The zero-order chi connectivity index (χ0) is 16.1. The molecule has 1 N–H and O–H groups in total. The summed E-state index contributed by atoms with van der Waals surface area (Å²) in [6, 6.07) is 12.2. The van der Waals surface area contributed by atoms with Crippen LogP contribution in [0.1, 0.15) is 52.4 Å². The second-order valence-corrected chi connectivity index (χ2v) is 6.01. The first-order valence-corrected chi connectivity index (χ1v) is 7.99. The predicted molar refractivity (Wildman–Crippen MR) is 93.7 cm³/mol. The molecule has 0 heterocycles. The Bertz CT molecular complexity index is 656. The van der Waals surface area contributed by atoms with Gasteiger partial charge in [-0.05, 0) is 74.1 Å². The normalized spacial score (nSPS) is 10.5. The van der Waals surface area contributed by atoms with Crippen molar-refractivity contribution >= 4 is 11.6 Å². The van der Waals surface area contributed by atoms with Gasteiger partial charge < -0.3 is 5.32 Å². The highest BCUT2D eigenvalue weighted by Crippen LogP contribution is 2.18. The Morgan fingerprint density at radius 1 is 0.955 bits per heavy atom. The van der Waals surface area contributed by atoms with Gasteiger partial charge in [-0.25, -0.2) is 0 Å². The fourth-order valence-corrected chi connectivity index (χ4v) is 2.54. The summed E-state index contributed by atoms with van der Waals surface area (Å²) in [5.74, 6) is -0.0399. The standard InChI is InChI=1S/C20H25NO/c1-5-6-7-17-8-10-18(11-9-17)21-20(22)19-13-15(3)14(2)12-16(19)4/h8-13H,5-7H2,1-4H3,(H,21,22). The number of aryl methyl sites for hydroxylation is 4. The highest BCUT2D eigenvalue weighted by molar-refractivity contribution is 6.05. The van der Waals surface area contributed by atoms with Crippen molar-refractivity contribution < 1.29 is 4.79 Å². The quantitative estimate of drug-likeness (QED) is 0.806. The number of hydrogen-bond donors (Lipinski definition) is 1. The molecule has 0 spiro atoms. The van der Waals surface area contributed by atoms with Crippen molar-refractivity contribution in [3.8, 4) is 0 Å². The zero-order valence-electron chi connectivity index (χ0n) is 14.0. The van der Waals surface area contributed by atoms with E-state index in [9.17, 15) is 4.79 Å². The summed E-state index contributed by atoms with van der Waals surface area (Å²) in [6.45, 7) is 8.28. The van der Waals surface area contributed by atoms with Gasteiger partial charge in [-0.3, -0.25) is 4.79 Å². The average Bonchev–Trinajstić information content (AvgIpc) is 2.50. The largest absolute Gasteiger partial charge is 0.322 e. The maximum absolute atomic E-state index is 12.4. The third-order valence-corrected chi connectivity index (χ3v) is 4.12. The van der Waals surface area contributed by atoms with Crippen molar-refractivity contribution in [2.75, 3.05) is 5.32 Å². The number of amides is 1. The lowest BCUT2D eigenvalue weighted by molar-refractivity contribution is 0.102. The maximum atomic E-state index is 12.4. The first-order chi connectivity index (χ1) is 10.5. The topological polar surface area (TPSA) is 29.1 Å². The van der Waals surface area contributed by atoms with Crippen LogP contribution in [0.25, 0.3) is 0 Å². The lowest BCUT2D eigenvalue weighted by Gasteiger charge is -2.11. The van der Waals surface area contributed by atoms with Crippen molar-refractivity contribution in [3.05, 3.63) is 64.2 Å². The minimum Gasteiger partial charge on any atom is -0.322 e. The molecule has 22 heavy (non-hydrogen) atoms. The van der Waals surface area contributed by atoms with Crippen LogP contribution in [0, 0.1) is 20.8 Å². The highest BCUT2D eigenvalue weighted by atomic mass is 16.1. The summed E-state index contributed by atoms with van der Waals surface area (Å²) in [4.78, 5) is 12.4. The molecule has 1 amide bonds.